The molecule has 4 aromatic heterocycles. The fraction of sp³-hybridized carbons (Fsp3) is 0.152. The lowest BCUT2D eigenvalue weighted by Gasteiger charge is -2.07. The van der Waals surface area contributed by atoms with E-state index in [9.17, 15) is 24.0 Å². The van der Waals surface area contributed by atoms with Gasteiger partial charge in [0, 0.05) is 58.4 Å². The van der Waals surface area contributed by atoms with Crippen LogP contribution in [0.1, 0.15) is 65.1 Å². The van der Waals surface area contributed by atoms with Crippen LogP contribution >= 0.6 is 15.9 Å². The average molecular weight is 728 g/mol. The Kier molecular flexibility index (Phi) is 9.85. The van der Waals surface area contributed by atoms with Crippen molar-refractivity contribution in [3.8, 4) is 6.07 Å². The van der Waals surface area contributed by atoms with Crippen molar-refractivity contribution < 1.29 is 24.0 Å². The van der Waals surface area contributed by atoms with E-state index in [1.54, 1.807) is 45.0 Å². The van der Waals surface area contributed by atoms with Crippen molar-refractivity contribution in [3.63, 3.8) is 0 Å². The lowest BCUT2D eigenvalue weighted by Crippen LogP contribution is -2.25. The first-order chi connectivity index (χ1) is 23.4. The number of hydrogen-bond acceptors (Lipinski definition) is 6. The SMILES string of the molecule is C=C(Br)C(=O)Nc1ccc2[nH]c(C(=O)Nc3c[nH]c(C(=O)Nc4c[nH]c(C(=O)Nc5c[nH]c(C(=O)NCCC#N)c5C)c4C)c3C)cc2c1. The Morgan fingerprint density at radius 2 is 1.27 bits per heavy atom. The molecule has 0 bridgehead atoms. The number of anilines is 4. The van der Waals surface area contributed by atoms with Crippen molar-refractivity contribution >= 4 is 79.1 Å². The number of fused-ring (bicyclic) bond motifs is 1. The third-order valence-electron chi connectivity index (χ3n) is 7.74. The first-order valence-corrected chi connectivity index (χ1v) is 15.6. The molecular formula is C33H31BrN10O5. The van der Waals surface area contributed by atoms with Crippen LogP contribution in [0.15, 0.2) is 53.9 Å². The highest BCUT2D eigenvalue weighted by Crippen LogP contribution is 2.26. The molecule has 0 saturated carbocycles. The number of H-pyrrole nitrogens is 4. The second-order valence-corrected chi connectivity index (χ2v) is 11.9. The Bertz CT molecular complexity index is 2200. The van der Waals surface area contributed by atoms with Gasteiger partial charge in [-0.05, 0) is 61.0 Å². The molecule has 0 aliphatic rings. The third kappa shape index (κ3) is 7.31. The molecular weight excluding hydrogens is 696 g/mol. The zero-order chi connectivity index (χ0) is 35.4. The van der Waals surface area contributed by atoms with Crippen LogP contribution in [0.3, 0.4) is 0 Å². The van der Waals surface area contributed by atoms with Gasteiger partial charge in [0.1, 0.15) is 22.8 Å². The first-order valence-electron chi connectivity index (χ1n) is 14.8. The summed E-state index contributed by atoms with van der Waals surface area (Å²) in [5.74, 6) is -2.20. The average Bonchev–Trinajstić information content (AvgIpc) is 3.84. The van der Waals surface area contributed by atoms with Gasteiger partial charge in [-0.2, -0.15) is 5.26 Å². The van der Waals surface area contributed by atoms with Gasteiger partial charge in [0.25, 0.3) is 29.5 Å². The van der Waals surface area contributed by atoms with Crippen LogP contribution in [0, 0.1) is 32.1 Å². The summed E-state index contributed by atoms with van der Waals surface area (Å²) in [5.41, 5.74) is 4.81. The molecule has 16 heteroatoms. The fourth-order valence-electron chi connectivity index (χ4n) is 4.99. The van der Waals surface area contributed by atoms with Crippen LogP contribution in [-0.2, 0) is 4.79 Å². The van der Waals surface area contributed by atoms with E-state index in [4.69, 9.17) is 5.26 Å². The van der Waals surface area contributed by atoms with E-state index in [2.05, 4.69) is 69.0 Å². The predicted molar refractivity (Wildman–Crippen MR) is 188 cm³/mol. The zero-order valence-corrected chi connectivity index (χ0v) is 28.1. The van der Waals surface area contributed by atoms with Crippen molar-refractivity contribution in [2.75, 3.05) is 27.8 Å². The smallest absolute Gasteiger partial charge is 0.272 e. The van der Waals surface area contributed by atoms with E-state index < -0.39 is 23.6 Å². The van der Waals surface area contributed by atoms with Crippen molar-refractivity contribution in [2.45, 2.75) is 27.2 Å². The Morgan fingerprint density at radius 1 is 0.755 bits per heavy atom. The van der Waals surface area contributed by atoms with E-state index >= 15 is 0 Å². The number of nitriles is 1. The van der Waals surface area contributed by atoms with Crippen LogP contribution < -0.4 is 26.6 Å². The maximum atomic E-state index is 13.2. The molecule has 1 aromatic carbocycles. The van der Waals surface area contributed by atoms with E-state index in [1.807, 2.05) is 6.07 Å². The Labute approximate surface area is 287 Å². The molecule has 0 aliphatic heterocycles. The number of rotatable bonds is 11. The lowest BCUT2D eigenvalue weighted by molar-refractivity contribution is -0.112. The molecule has 5 rings (SSSR count). The van der Waals surface area contributed by atoms with Crippen LogP contribution in [0.5, 0.6) is 0 Å². The molecule has 0 atom stereocenters. The van der Waals surface area contributed by atoms with Crippen molar-refractivity contribution in [3.05, 3.63) is 93.4 Å². The van der Waals surface area contributed by atoms with Gasteiger partial charge in [0.15, 0.2) is 0 Å². The molecule has 0 unspecified atom stereocenters. The van der Waals surface area contributed by atoms with Gasteiger partial charge in [-0.25, -0.2) is 0 Å². The molecule has 0 aliphatic carbocycles. The summed E-state index contributed by atoms with van der Waals surface area (Å²) in [6.45, 7) is 8.77. The molecule has 9 N–H and O–H groups in total. The number of carbonyl (C=O) groups is 5. The Hall–Kier alpha value is -6.34. The minimum Gasteiger partial charge on any atom is -0.355 e. The van der Waals surface area contributed by atoms with E-state index in [0.29, 0.717) is 50.3 Å². The summed E-state index contributed by atoms with van der Waals surface area (Å²) < 4.78 is 0.185. The molecule has 4 heterocycles. The number of aromatic amines is 4. The summed E-state index contributed by atoms with van der Waals surface area (Å²) in [5, 5.41) is 23.0. The summed E-state index contributed by atoms with van der Waals surface area (Å²) in [7, 11) is 0. The molecule has 0 radical (unpaired) electrons. The topological polar surface area (TPSA) is 232 Å². The van der Waals surface area contributed by atoms with Gasteiger partial charge < -0.3 is 46.5 Å². The third-order valence-corrected chi connectivity index (χ3v) is 8.10. The summed E-state index contributed by atoms with van der Waals surface area (Å²) in [4.78, 5) is 75.4. The maximum Gasteiger partial charge on any atom is 0.272 e. The number of nitrogens with zero attached hydrogens (tertiary/aromatic N) is 1. The van der Waals surface area contributed by atoms with Crippen LogP contribution in [0.25, 0.3) is 10.9 Å². The standard InChI is InChI=1S/C33H31BrN10O5/c1-15-24(13-37-26(15)31(47)36-9-5-8-35)43-33(49)28-17(3)25(14-39-28)44-32(48)27-16(2)23(12-38-27)42-30(46)22-11-19-10-20(6-7-21(19)41-22)40-29(45)18(4)34/h6-7,10-14,37-39,41H,4-5,9H2,1-3H3,(H,36,47)(H,40,45)(H,42,46)(H,43,49)(H,44,48). The molecule has 15 nitrogen and oxygen atoms in total. The fourth-order valence-corrected chi connectivity index (χ4v) is 5.09. The van der Waals surface area contributed by atoms with E-state index in [-0.39, 0.29) is 46.1 Å². The van der Waals surface area contributed by atoms with Gasteiger partial charge >= 0.3 is 0 Å². The minimum atomic E-state index is -0.494. The van der Waals surface area contributed by atoms with Gasteiger partial charge in [0.05, 0.1) is 34.0 Å². The quantitative estimate of drug-likeness (QED) is 0.0645. The first kappa shape index (κ1) is 34.0. The highest BCUT2D eigenvalue weighted by molar-refractivity contribution is 9.12. The number of amides is 5. The molecule has 5 amide bonds. The second-order valence-electron chi connectivity index (χ2n) is 11.0. The summed E-state index contributed by atoms with van der Waals surface area (Å²) >= 11 is 3.04. The summed E-state index contributed by atoms with van der Waals surface area (Å²) in [6, 6.07) is 8.75. The molecule has 250 valence electrons. The van der Waals surface area contributed by atoms with E-state index in [0.717, 1.165) is 0 Å². The van der Waals surface area contributed by atoms with E-state index in [1.165, 1.54) is 18.6 Å². The van der Waals surface area contributed by atoms with Crippen LogP contribution in [-0.4, -0.2) is 56.0 Å². The van der Waals surface area contributed by atoms with Gasteiger partial charge in [-0.1, -0.05) is 6.58 Å². The molecule has 0 fully saturated rings. The number of aromatic nitrogens is 4. The number of benzene rings is 1. The molecule has 49 heavy (non-hydrogen) atoms. The van der Waals surface area contributed by atoms with Crippen molar-refractivity contribution in [2.24, 2.45) is 0 Å². The Morgan fingerprint density at radius 3 is 1.78 bits per heavy atom. The largest absolute Gasteiger partial charge is 0.355 e. The number of hydrogen-bond donors (Lipinski definition) is 9. The molecule has 0 saturated heterocycles. The van der Waals surface area contributed by atoms with Crippen LogP contribution in [0.2, 0.25) is 0 Å². The highest BCUT2D eigenvalue weighted by atomic mass is 79.9. The van der Waals surface area contributed by atoms with Crippen molar-refractivity contribution in [1.29, 1.82) is 5.26 Å². The Balaban J connectivity index is 1.22. The minimum absolute atomic E-state index is 0.175. The predicted octanol–water partition coefficient (Wildman–Crippen LogP) is 5.32. The normalized spacial score (nSPS) is 10.7. The van der Waals surface area contributed by atoms with Crippen LogP contribution in [0.4, 0.5) is 22.7 Å². The van der Waals surface area contributed by atoms with Crippen molar-refractivity contribution in [1.82, 2.24) is 25.3 Å². The number of carbonyl (C=O) groups excluding carboxylic acids is 5. The zero-order valence-electron chi connectivity index (χ0n) is 26.5. The van der Waals surface area contributed by atoms with Gasteiger partial charge in [0.2, 0.25) is 0 Å². The highest BCUT2D eigenvalue weighted by Gasteiger charge is 2.22. The number of halogens is 1. The lowest BCUT2D eigenvalue weighted by atomic mass is 10.2. The maximum absolute atomic E-state index is 13.2. The molecule has 5 aromatic rings. The number of nitrogens with one attached hydrogen (secondary N) is 9. The molecule has 0 spiro atoms. The van der Waals surface area contributed by atoms with Gasteiger partial charge in [-0.15, -0.1) is 0 Å². The summed E-state index contributed by atoms with van der Waals surface area (Å²) in [6.07, 6.45) is 4.67. The van der Waals surface area contributed by atoms with Gasteiger partial charge in [-0.3, -0.25) is 24.0 Å². The second kappa shape index (κ2) is 14.2. The monoisotopic (exact) mass is 726 g/mol.